The highest BCUT2D eigenvalue weighted by Crippen LogP contribution is 2.28. The molecule has 39 heavy (non-hydrogen) atoms. The molecule has 0 aromatic heterocycles. The van der Waals surface area contributed by atoms with Crippen LogP contribution in [0.5, 0.6) is 0 Å². The molecule has 0 saturated heterocycles. The maximum atomic E-state index is 13.7. The average Bonchev–Trinajstić information content (AvgIpc) is 2.92. The molecule has 0 heterocycles. The van der Waals surface area contributed by atoms with Gasteiger partial charge in [-0.25, -0.2) is 0 Å². The number of carbonyl (C=O) groups excluding carboxylic acids is 2. The molecule has 0 spiro atoms. The number of nitrogens with zero attached hydrogens (tertiary/aromatic N) is 2. The molecule has 3 rings (SSSR count). The lowest BCUT2D eigenvalue weighted by molar-refractivity contribution is -0.384. The molecule has 3 aromatic carbocycles. The van der Waals surface area contributed by atoms with Crippen LogP contribution in [0.2, 0.25) is 10.0 Å². The van der Waals surface area contributed by atoms with Crippen LogP contribution in [-0.4, -0.2) is 39.5 Å². The van der Waals surface area contributed by atoms with Crippen molar-refractivity contribution in [2.24, 2.45) is 0 Å². The first kappa shape index (κ1) is 30.5. The summed E-state index contributed by atoms with van der Waals surface area (Å²) < 4.78 is 0. The van der Waals surface area contributed by atoms with E-state index in [2.05, 4.69) is 5.32 Å². The van der Waals surface area contributed by atoms with E-state index in [1.54, 1.807) is 35.2 Å². The predicted octanol–water partition coefficient (Wildman–Crippen LogP) is 6.69. The minimum absolute atomic E-state index is 0.0127. The highest BCUT2D eigenvalue weighted by Gasteiger charge is 2.31. The van der Waals surface area contributed by atoms with E-state index in [4.69, 9.17) is 23.2 Å². The fraction of sp³-hybridized carbons (Fsp3) is 0.310. The monoisotopic (exact) mass is 587 g/mol. The number of non-ortho nitro benzene ring substituents is 1. The number of halogens is 2. The van der Waals surface area contributed by atoms with Crippen LogP contribution in [0.1, 0.15) is 37.0 Å². The Morgan fingerprint density at radius 3 is 2.21 bits per heavy atom. The Kier molecular flexibility index (Phi) is 11.7. The van der Waals surface area contributed by atoms with Crippen LogP contribution in [0.25, 0.3) is 0 Å². The van der Waals surface area contributed by atoms with Crippen LogP contribution in [0.3, 0.4) is 0 Å². The molecule has 1 N–H and O–H groups in total. The number of amides is 2. The van der Waals surface area contributed by atoms with Crippen molar-refractivity contribution >= 4 is 52.5 Å². The number of hydrogen-bond donors (Lipinski definition) is 1. The van der Waals surface area contributed by atoms with Crippen LogP contribution < -0.4 is 5.32 Å². The highest BCUT2D eigenvalue weighted by atomic mass is 35.5. The Bertz CT molecular complexity index is 1260. The van der Waals surface area contributed by atoms with Crippen LogP contribution >= 0.6 is 35.0 Å². The summed E-state index contributed by atoms with van der Waals surface area (Å²) >= 11 is 14.3. The number of nitro benzene ring substituents is 1. The lowest BCUT2D eigenvalue weighted by Crippen LogP contribution is -2.52. The van der Waals surface area contributed by atoms with Crippen molar-refractivity contribution in [3.8, 4) is 0 Å². The smallest absolute Gasteiger partial charge is 0.269 e. The third kappa shape index (κ3) is 8.98. The zero-order chi connectivity index (χ0) is 28.4. The molecule has 0 aliphatic rings. The fourth-order valence-corrected chi connectivity index (χ4v) is 5.29. The molecule has 3 aromatic rings. The minimum atomic E-state index is -0.791. The van der Waals surface area contributed by atoms with Gasteiger partial charge in [-0.1, -0.05) is 78.7 Å². The van der Waals surface area contributed by atoms with Crippen molar-refractivity contribution in [2.45, 2.75) is 51.1 Å². The average molecular weight is 589 g/mol. The third-order valence-corrected chi connectivity index (χ3v) is 8.00. The number of benzene rings is 3. The predicted molar refractivity (Wildman–Crippen MR) is 158 cm³/mol. The number of rotatable bonds is 13. The first-order valence-electron chi connectivity index (χ1n) is 12.6. The summed E-state index contributed by atoms with van der Waals surface area (Å²) in [5.41, 5.74) is 2.36. The van der Waals surface area contributed by atoms with E-state index in [-0.39, 0.29) is 35.8 Å². The van der Waals surface area contributed by atoms with Crippen molar-refractivity contribution in [1.82, 2.24) is 10.2 Å². The summed E-state index contributed by atoms with van der Waals surface area (Å²) in [5, 5.41) is 14.8. The molecule has 0 bridgehead atoms. The fourth-order valence-electron chi connectivity index (χ4n) is 3.90. The second kappa shape index (κ2) is 14.9. The molecule has 0 aliphatic heterocycles. The SMILES string of the molecule is CC[C@@H](C)NC(=O)[C@H](Cc1ccccc1)N(Cc1c(Cl)cccc1Cl)C(=O)CSCc1ccc([N+](=O)[O-])cc1. The highest BCUT2D eigenvalue weighted by molar-refractivity contribution is 7.99. The Hall–Kier alpha value is -3.07. The third-order valence-electron chi connectivity index (χ3n) is 6.30. The molecule has 0 fully saturated rings. The second-order valence-corrected chi connectivity index (χ2v) is 11.0. The van der Waals surface area contributed by atoms with E-state index in [0.717, 1.165) is 17.5 Å². The quantitative estimate of drug-likeness (QED) is 0.177. The first-order valence-corrected chi connectivity index (χ1v) is 14.5. The molecular formula is C29H31Cl2N3O4S. The van der Waals surface area contributed by atoms with Gasteiger partial charge in [0.1, 0.15) is 6.04 Å². The van der Waals surface area contributed by atoms with Gasteiger partial charge in [-0.3, -0.25) is 19.7 Å². The summed E-state index contributed by atoms with van der Waals surface area (Å²) in [6.45, 7) is 3.98. The molecule has 206 valence electrons. The van der Waals surface area contributed by atoms with Gasteiger partial charge < -0.3 is 10.2 Å². The van der Waals surface area contributed by atoms with Gasteiger partial charge >= 0.3 is 0 Å². The number of hydrogen-bond acceptors (Lipinski definition) is 5. The van der Waals surface area contributed by atoms with Gasteiger partial charge in [-0.05, 0) is 36.6 Å². The van der Waals surface area contributed by atoms with Crippen molar-refractivity contribution in [1.29, 1.82) is 0 Å². The number of carbonyl (C=O) groups is 2. The van der Waals surface area contributed by atoms with E-state index in [9.17, 15) is 19.7 Å². The Labute approximate surface area is 243 Å². The Morgan fingerprint density at radius 1 is 0.974 bits per heavy atom. The van der Waals surface area contributed by atoms with Crippen molar-refractivity contribution in [2.75, 3.05) is 5.75 Å². The lowest BCUT2D eigenvalue weighted by atomic mass is 10.0. The normalized spacial score (nSPS) is 12.4. The lowest BCUT2D eigenvalue weighted by Gasteiger charge is -2.32. The van der Waals surface area contributed by atoms with Gasteiger partial charge in [0.2, 0.25) is 11.8 Å². The molecule has 7 nitrogen and oxygen atoms in total. The summed E-state index contributed by atoms with van der Waals surface area (Å²) in [4.78, 5) is 39.3. The first-order chi connectivity index (χ1) is 18.7. The molecule has 10 heteroatoms. The van der Waals surface area contributed by atoms with Gasteiger partial charge in [0.25, 0.3) is 5.69 Å². The topological polar surface area (TPSA) is 92.6 Å². The van der Waals surface area contributed by atoms with E-state index in [0.29, 0.717) is 27.8 Å². The minimum Gasteiger partial charge on any atom is -0.352 e. The Balaban J connectivity index is 1.88. The number of nitrogens with one attached hydrogen (secondary N) is 1. The Morgan fingerprint density at radius 2 is 1.62 bits per heavy atom. The molecule has 0 unspecified atom stereocenters. The van der Waals surface area contributed by atoms with Gasteiger partial charge in [0.05, 0.1) is 10.7 Å². The molecule has 0 aliphatic carbocycles. The summed E-state index contributed by atoms with van der Waals surface area (Å²) in [6.07, 6.45) is 1.07. The maximum Gasteiger partial charge on any atom is 0.269 e. The molecule has 2 amide bonds. The van der Waals surface area contributed by atoms with Gasteiger partial charge in [-0.15, -0.1) is 11.8 Å². The van der Waals surface area contributed by atoms with E-state index in [1.807, 2.05) is 44.2 Å². The van der Waals surface area contributed by atoms with Gasteiger partial charge in [-0.2, -0.15) is 0 Å². The standard InChI is InChI=1S/C29H31Cl2N3O4S/c1-3-20(2)32-29(36)27(16-21-8-5-4-6-9-21)33(17-24-25(30)10-7-11-26(24)31)28(35)19-39-18-22-12-14-23(15-13-22)34(37)38/h4-15,20,27H,3,16-19H2,1-2H3,(H,32,36)/t20-,27+/m1/s1. The van der Waals surface area contributed by atoms with E-state index in [1.165, 1.54) is 23.9 Å². The van der Waals surface area contributed by atoms with Crippen molar-refractivity contribution < 1.29 is 14.5 Å². The van der Waals surface area contributed by atoms with Crippen molar-refractivity contribution in [3.63, 3.8) is 0 Å². The molecule has 0 saturated carbocycles. The van der Waals surface area contributed by atoms with E-state index < -0.39 is 11.0 Å². The van der Waals surface area contributed by atoms with Crippen LogP contribution in [0, 0.1) is 10.1 Å². The zero-order valence-corrected chi connectivity index (χ0v) is 24.1. The summed E-state index contributed by atoms with van der Waals surface area (Å²) in [6, 6.07) is 20.1. The van der Waals surface area contributed by atoms with E-state index >= 15 is 0 Å². The second-order valence-electron chi connectivity index (χ2n) is 9.16. The maximum absolute atomic E-state index is 13.7. The van der Waals surface area contributed by atoms with Crippen LogP contribution in [0.15, 0.2) is 72.8 Å². The molecule has 2 atom stereocenters. The summed E-state index contributed by atoms with van der Waals surface area (Å²) in [5.74, 6) is 0.0941. The molecule has 0 radical (unpaired) electrons. The summed E-state index contributed by atoms with van der Waals surface area (Å²) in [7, 11) is 0. The zero-order valence-electron chi connectivity index (χ0n) is 21.8. The number of thioether (sulfide) groups is 1. The molecular weight excluding hydrogens is 557 g/mol. The largest absolute Gasteiger partial charge is 0.352 e. The van der Waals surface area contributed by atoms with Gasteiger partial charge in [0, 0.05) is 52.5 Å². The van der Waals surface area contributed by atoms with Crippen LogP contribution in [0.4, 0.5) is 5.69 Å². The number of nitro groups is 1. The van der Waals surface area contributed by atoms with Crippen LogP contribution in [-0.2, 0) is 28.3 Å². The van der Waals surface area contributed by atoms with Gasteiger partial charge in [0.15, 0.2) is 0 Å². The van der Waals surface area contributed by atoms with Crippen molar-refractivity contribution in [3.05, 3.63) is 110 Å².